The highest BCUT2D eigenvalue weighted by Crippen LogP contribution is 2.31. The first-order chi connectivity index (χ1) is 11.2. The SMILES string of the molecule is O=C(O)[C@@H]1CCc2ccccc2N1C(=O)OCc1ccccc1. The minimum atomic E-state index is -1.02. The lowest BCUT2D eigenvalue weighted by Crippen LogP contribution is -2.48. The molecule has 23 heavy (non-hydrogen) atoms. The predicted molar refractivity (Wildman–Crippen MR) is 85.3 cm³/mol. The van der Waals surface area contributed by atoms with E-state index >= 15 is 0 Å². The Kier molecular flexibility index (Phi) is 4.28. The number of hydrogen-bond donors (Lipinski definition) is 1. The van der Waals surface area contributed by atoms with Crippen molar-refractivity contribution in [3.63, 3.8) is 0 Å². The van der Waals surface area contributed by atoms with Crippen molar-refractivity contribution in [3.05, 3.63) is 65.7 Å². The van der Waals surface area contributed by atoms with Crippen LogP contribution in [0.1, 0.15) is 17.5 Å². The quantitative estimate of drug-likeness (QED) is 0.945. The van der Waals surface area contributed by atoms with Gasteiger partial charge in [0, 0.05) is 0 Å². The van der Waals surface area contributed by atoms with Crippen molar-refractivity contribution in [2.75, 3.05) is 4.90 Å². The molecule has 3 rings (SSSR count). The molecule has 0 bridgehead atoms. The van der Waals surface area contributed by atoms with Gasteiger partial charge in [-0.1, -0.05) is 48.5 Å². The molecule has 0 fully saturated rings. The van der Waals surface area contributed by atoms with Crippen LogP contribution in [-0.2, 0) is 22.6 Å². The lowest BCUT2D eigenvalue weighted by Gasteiger charge is -2.33. The van der Waals surface area contributed by atoms with E-state index in [1.165, 1.54) is 4.90 Å². The largest absolute Gasteiger partial charge is 0.480 e. The number of carboxylic acids is 1. The Labute approximate surface area is 134 Å². The summed E-state index contributed by atoms with van der Waals surface area (Å²) in [6.07, 6.45) is 0.385. The van der Waals surface area contributed by atoms with Gasteiger partial charge in [-0.3, -0.25) is 4.90 Å². The van der Waals surface area contributed by atoms with Gasteiger partial charge in [0.05, 0.1) is 5.69 Å². The van der Waals surface area contributed by atoms with E-state index in [-0.39, 0.29) is 6.61 Å². The maximum absolute atomic E-state index is 12.5. The first kappa shape index (κ1) is 15.1. The summed E-state index contributed by atoms with van der Waals surface area (Å²) in [5.74, 6) is -1.02. The number of aliphatic carboxylic acids is 1. The molecule has 0 radical (unpaired) electrons. The first-order valence-corrected chi connectivity index (χ1v) is 7.47. The van der Waals surface area contributed by atoms with E-state index in [0.29, 0.717) is 18.5 Å². The van der Waals surface area contributed by atoms with Gasteiger partial charge in [0.25, 0.3) is 0 Å². The van der Waals surface area contributed by atoms with Crippen LogP contribution in [0.3, 0.4) is 0 Å². The molecule has 2 aromatic rings. The molecule has 118 valence electrons. The summed E-state index contributed by atoms with van der Waals surface area (Å²) in [4.78, 5) is 25.2. The zero-order valence-electron chi connectivity index (χ0n) is 12.5. The van der Waals surface area contributed by atoms with Gasteiger partial charge in [-0.25, -0.2) is 9.59 Å². The molecular weight excluding hydrogens is 294 g/mol. The summed E-state index contributed by atoms with van der Waals surface area (Å²) in [6, 6.07) is 15.8. The molecule has 1 aliphatic heterocycles. The Morgan fingerprint density at radius 2 is 1.78 bits per heavy atom. The lowest BCUT2D eigenvalue weighted by molar-refractivity contribution is -0.138. The molecule has 0 saturated carbocycles. The number of carbonyl (C=O) groups is 2. The van der Waals surface area contributed by atoms with Crippen LogP contribution in [0.25, 0.3) is 0 Å². The fourth-order valence-electron chi connectivity index (χ4n) is 2.79. The van der Waals surface area contributed by atoms with Crippen LogP contribution in [0.2, 0.25) is 0 Å². The molecule has 1 aliphatic rings. The number of nitrogens with zero attached hydrogens (tertiary/aromatic N) is 1. The third-order valence-corrected chi connectivity index (χ3v) is 3.94. The molecule has 0 aromatic heterocycles. The van der Waals surface area contributed by atoms with E-state index in [4.69, 9.17) is 4.74 Å². The number of fused-ring (bicyclic) bond motifs is 1. The van der Waals surface area contributed by atoms with Crippen molar-refractivity contribution >= 4 is 17.7 Å². The van der Waals surface area contributed by atoms with Gasteiger partial charge in [-0.05, 0) is 30.0 Å². The summed E-state index contributed by atoms with van der Waals surface area (Å²) in [7, 11) is 0. The summed E-state index contributed by atoms with van der Waals surface area (Å²) in [5.41, 5.74) is 2.43. The standard InChI is InChI=1S/C18H17NO4/c20-17(21)16-11-10-14-8-4-5-9-15(14)19(16)18(22)23-12-13-6-2-1-3-7-13/h1-9,16H,10-12H2,(H,20,21)/t16-/m0/s1. The Morgan fingerprint density at radius 1 is 1.09 bits per heavy atom. The fourth-order valence-corrected chi connectivity index (χ4v) is 2.79. The van der Waals surface area contributed by atoms with Gasteiger partial charge in [-0.15, -0.1) is 0 Å². The first-order valence-electron chi connectivity index (χ1n) is 7.47. The molecule has 1 amide bonds. The molecule has 0 spiro atoms. The van der Waals surface area contributed by atoms with E-state index in [2.05, 4.69) is 0 Å². The molecule has 1 N–H and O–H groups in total. The average molecular weight is 311 g/mol. The summed E-state index contributed by atoms with van der Waals surface area (Å²) < 4.78 is 5.33. The van der Waals surface area contributed by atoms with Gasteiger partial charge in [0.1, 0.15) is 12.6 Å². The summed E-state index contributed by atoms with van der Waals surface area (Å²) in [6.45, 7) is 0.116. The topological polar surface area (TPSA) is 66.8 Å². The van der Waals surface area contributed by atoms with Crippen LogP contribution in [0, 0.1) is 0 Å². The normalized spacial score (nSPS) is 16.5. The number of ether oxygens (including phenoxy) is 1. The van der Waals surface area contributed by atoms with Crippen molar-refractivity contribution in [2.24, 2.45) is 0 Å². The van der Waals surface area contributed by atoms with Crippen LogP contribution in [0.5, 0.6) is 0 Å². The number of para-hydroxylation sites is 1. The van der Waals surface area contributed by atoms with E-state index in [0.717, 1.165) is 11.1 Å². The van der Waals surface area contributed by atoms with Gasteiger partial charge < -0.3 is 9.84 Å². The number of amides is 1. The smallest absolute Gasteiger partial charge is 0.415 e. The Bertz CT molecular complexity index is 714. The molecule has 1 heterocycles. The minimum absolute atomic E-state index is 0.116. The van der Waals surface area contributed by atoms with Crippen molar-refractivity contribution in [1.29, 1.82) is 0 Å². The monoisotopic (exact) mass is 311 g/mol. The maximum Gasteiger partial charge on any atom is 0.415 e. The van der Waals surface area contributed by atoms with E-state index in [1.807, 2.05) is 42.5 Å². The predicted octanol–water partition coefficient (Wildman–Crippen LogP) is 3.23. The number of benzene rings is 2. The van der Waals surface area contributed by atoms with Gasteiger partial charge >= 0.3 is 12.1 Å². The van der Waals surface area contributed by atoms with Crippen molar-refractivity contribution in [2.45, 2.75) is 25.5 Å². The minimum Gasteiger partial charge on any atom is -0.480 e. The molecule has 0 saturated heterocycles. The summed E-state index contributed by atoms with van der Waals surface area (Å²) >= 11 is 0. The molecule has 5 nitrogen and oxygen atoms in total. The second-order valence-corrected chi connectivity index (χ2v) is 5.43. The van der Waals surface area contributed by atoms with Crippen LogP contribution in [0.15, 0.2) is 54.6 Å². The molecule has 2 aromatic carbocycles. The van der Waals surface area contributed by atoms with Crippen LogP contribution < -0.4 is 4.90 Å². The van der Waals surface area contributed by atoms with Gasteiger partial charge in [0.2, 0.25) is 0 Å². The average Bonchev–Trinajstić information content (AvgIpc) is 2.59. The number of carboxylic acid groups (broad SMARTS) is 1. The van der Waals surface area contributed by atoms with Crippen LogP contribution in [-0.4, -0.2) is 23.2 Å². The van der Waals surface area contributed by atoms with Crippen LogP contribution >= 0.6 is 0 Å². The second kappa shape index (κ2) is 6.52. The third-order valence-electron chi connectivity index (χ3n) is 3.94. The van der Waals surface area contributed by atoms with Crippen molar-refractivity contribution in [1.82, 2.24) is 0 Å². The van der Waals surface area contributed by atoms with E-state index in [1.54, 1.807) is 12.1 Å². The molecule has 1 atom stereocenters. The second-order valence-electron chi connectivity index (χ2n) is 5.43. The fraction of sp³-hybridized carbons (Fsp3) is 0.222. The van der Waals surface area contributed by atoms with Crippen molar-refractivity contribution in [3.8, 4) is 0 Å². The highest BCUT2D eigenvalue weighted by molar-refractivity contribution is 5.96. The zero-order valence-corrected chi connectivity index (χ0v) is 12.5. The highest BCUT2D eigenvalue weighted by Gasteiger charge is 2.36. The van der Waals surface area contributed by atoms with E-state index in [9.17, 15) is 14.7 Å². The maximum atomic E-state index is 12.5. The Hall–Kier alpha value is -2.82. The number of rotatable bonds is 3. The number of hydrogen-bond acceptors (Lipinski definition) is 3. The summed E-state index contributed by atoms with van der Waals surface area (Å²) in [5, 5.41) is 9.42. The van der Waals surface area contributed by atoms with Crippen LogP contribution in [0.4, 0.5) is 10.5 Å². The molecule has 5 heteroatoms. The molecule has 0 unspecified atom stereocenters. The Morgan fingerprint density at radius 3 is 2.52 bits per heavy atom. The third kappa shape index (κ3) is 3.18. The molecule has 0 aliphatic carbocycles. The van der Waals surface area contributed by atoms with E-state index < -0.39 is 18.1 Å². The lowest BCUT2D eigenvalue weighted by atomic mass is 9.96. The highest BCUT2D eigenvalue weighted by atomic mass is 16.6. The zero-order chi connectivity index (χ0) is 16.2. The van der Waals surface area contributed by atoms with Gasteiger partial charge in [-0.2, -0.15) is 0 Å². The number of anilines is 1. The van der Waals surface area contributed by atoms with Gasteiger partial charge in [0.15, 0.2) is 0 Å². The van der Waals surface area contributed by atoms with Crippen molar-refractivity contribution < 1.29 is 19.4 Å². The number of aryl methyl sites for hydroxylation is 1. The Balaban J connectivity index is 1.82. The number of carbonyl (C=O) groups excluding carboxylic acids is 1. The molecular formula is C18H17NO4.